The Hall–Kier alpha value is -2.28. The van der Waals surface area contributed by atoms with Crippen LogP contribution >= 0.6 is 0 Å². The van der Waals surface area contributed by atoms with Gasteiger partial charge in [0.05, 0.1) is 6.61 Å². The largest absolute Gasteiger partial charge is 0.573 e. The Morgan fingerprint density at radius 1 is 1.05 bits per heavy atom. The number of nitrogens with zero attached hydrogens (tertiary/aromatic N) is 1. The Morgan fingerprint density at radius 3 is 2.19 bits per heavy atom. The van der Waals surface area contributed by atoms with Crippen LogP contribution in [0.1, 0.15) is 11.3 Å². The summed E-state index contributed by atoms with van der Waals surface area (Å²) in [5.74, 6) is 0.289. The van der Waals surface area contributed by atoms with E-state index in [1.54, 1.807) is 19.1 Å². The minimum absolute atomic E-state index is 0.122. The standard InChI is InChI=1S/C14H12F3NO3/c1-9-10(8-19)2-7-13(18-9)20-11-3-5-12(6-4-11)21-14(15,16)17/h2-7,19H,8H2,1H3. The highest BCUT2D eigenvalue weighted by atomic mass is 19.4. The summed E-state index contributed by atoms with van der Waals surface area (Å²) in [6, 6.07) is 8.23. The molecule has 0 spiro atoms. The van der Waals surface area contributed by atoms with Crippen molar-refractivity contribution in [3.8, 4) is 17.4 Å². The van der Waals surface area contributed by atoms with Crippen molar-refractivity contribution in [1.82, 2.24) is 4.98 Å². The van der Waals surface area contributed by atoms with Gasteiger partial charge in [-0.2, -0.15) is 0 Å². The van der Waals surface area contributed by atoms with Gasteiger partial charge in [-0.05, 0) is 42.8 Å². The predicted molar refractivity (Wildman–Crippen MR) is 68.1 cm³/mol. The van der Waals surface area contributed by atoms with Crippen LogP contribution in [0.3, 0.4) is 0 Å². The first-order valence-corrected chi connectivity index (χ1v) is 5.98. The van der Waals surface area contributed by atoms with E-state index in [9.17, 15) is 13.2 Å². The first-order chi connectivity index (χ1) is 9.87. The van der Waals surface area contributed by atoms with Gasteiger partial charge in [-0.3, -0.25) is 0 Å². The Labute approximate surface area is 118 Å². The average molecular weight is 299 g/mol. The zero-order chi connectivity index (χ0) is 15.5. The molecule has 0 unspecified atom stereocenters. The number of aliphatic hydroxyl groups excluding tert-OH is 1. The molecule has 0 saturated heterocycles. The molecule has 1 heterocycles. The summed E-state index contributed by atoms with van der Waals surface area (Å²) in [5, 5.41) is 9.04. The number of hydrogen-bond donors (Lipinski definition) is 1. The number of benzene rings is 1. The van der Waals surface area contributed by atoms with Gasteiger partial charge in [0.25, 0.3) is 0 Å². The number of hydrogen-bond acceptors (Lipinski definition) is 4. The molecule has 0 saturated carbocycles. The van der Waals surface area contributed by atoms with E-state index in [1.807, 2.05) is 0 Å². The second kappa shape index (κ2) is 6.01. The van der Waals surface area contributed by atoms with Crippen LogP contribution in [-0.2, 0) is 6.61 Å². The topological polar surface area (TPSA) is 51.6 Å². The normalized spacial score (nSPS) is 11.3. The van der Waals surface area contributed by atoms with Crippen LogP contribution in [0.5, 0.6) is 17.4 Å². The maximum atomic E-state index is 12.0. The predicted octanol–water partition coefficient (Wildman–Crippen LogP) is 3.57. The molecule has 7 heteroatoms. The number of rotatable bonds is 4. The minimum Gasteiger partial charge on any atom is -0.439 e. The highest BCUT2D eigenvalue weighted by Crippen LogP contribution is 2.27. The van der Waals surface area contributed by atoms with Crippen LogP contribution in [0.2, 0.25) is 0 Å². The second-order valence-electron chi connectivity index (χ2n) is 4.17. The van der Waals surface area contributed by atoms with Crippen molar-refractivity contribution in [2.75, 3.05) is 0 Å². The van der Waals surface area contributed by atoms with Gasteiger partial charge in [0.15, 0.2) is 0 Å². The Balaban J connectivity index is 2.08. The maximum Gasteiger partial charge on any atom is 0.573 e. The van der Waals surface area contributed by atoms with Crippen LogP contribution in [0, 0.1) is 6.92 Å². The third-order valence-electron chi connectivity index (χ3n) is 2.62. The van der Waals surface area contributed by atoms with Gasteiger partial charge in [-0.15, -0.1) is 13.2 Å². The highest BCUT2D eigenvalue weighted by molar-refractivity contribution is 5.34. The molecule has 21 heavy (non-hydrogen) atoms. The molecule has 2 rings (SSSR count). The third-order valence-corrected chi connectivity index (χ3v) is 2.62. The smallest absolute Gasteiger partial charge is 0.439 e. The number of ether oxygens (including phenoxy) is 2. The Morgan fingerprint density at radius 2 is 1.67 bits per heavy atom. The molecule has 4 nitrogen and oxygen atoms in total. The van der Waals surface area contributed by atoms with Gasteiger partial charge in [-0.25, -0.2) is 4.98 Å². The number of halogens is 3. The van der Waals surface area contributed by atoms with Gasteiger partial charge in [0, 0.05) is 11.8 Å². The van der Waals surface area contributed by atoms with E-state index in [0.717, 1.165) is 12.1 Å². The van der Waals surface area contributed by atoms with Crippen LogP contribution in [0.25, 0.3) is 0 Å². The van der Waals surface area contributed by atoms with Crippen molar-refractivity contribution in [3.05, 3.63) is 47.7 Å². The fourth-order valence-corrected chi connectivity index (χ4v) is 1.62. The molecule has 2 aromatic rings. The lowest BCUT2D eigenvalue weighted by atomic mass is 10.2. The third kappa shape index (κ3) is 4.35. The molecular formula is C14H12F3NO3. The first-order valence-electron chi connectivity index (χ1n) is 5.98. The molecule has 0 fully saturated rings. The molecule has 1 aromatic carbocycles. The summed E-state index contributed by atoms with van der Waals surface area (Å²) in [5.41, 5.74) is 1.29. The summed E-state index contributed by atoms with van der Waals surface area (Å²) in [6.45, 7) is 1.60. The van der Waals surface area contributed by atoms with Gasteiger partial charge < -0.3 is 14.6 Å². The molecule has 0 bridgehead atoms. The lowest BCUT2D eigenvalue weighted by Crippen LogP contribution is -2.16. The van der Waals surface area contributed by atoms with Crippen molar-refractivity contribution in [2.24, 2.45) is 0 Å². The number of aliphatic hydroxyl groups is 1. The van der Waals surface area contributed by atoms with Crippen molar-refractivity contribution in [2.45, 2.75) is 19.9 Å². The zero-order valence-corrected chi connectivity index (χ0v) is 11.0. The number of aromatic nitrogens is 1. The highest BCUT2D eigenvalue weighted by Gasteiger charge is 2.30. The van der Waals surface area contributed by atoms with E-state index >= 15 is 0 Å². The monoisotopic (exact) mass is 299 g/mol. The fourth-order valence-electron chi connectivity index (χ4n) is 1.62. The Bertz CT molecular complexity index is 612. The van der Waals surface area contributed by atoms with Crippen LogP contribution in [-0.4, -0.2) is 16.5 Å². The van der Waals surface area contributed by atoms with Crippen LogP contribution in [0.15, 0.2) is 36.4 Å². The van der Waals surface area contributed by atoms with Gasteiger partial charge in [-0.1, -0.05) is 0 Å². The second-order valence-corrected chi connectivity index (χ2v) is 4.17. The summed E-state index contributed by atoms with van der Waals surface area (Å²) in [4.78, 5) is 4.13. The first kappa shape index (κ1) is 15.1. The molecule has 1 N–H and O–H groups in total. The summed E-state index contributed by atoms with van der Waals surface area (Å²) in [6.07, 6.45) is -4.72. The molecule has 0 radical (unpaired) electrons. The fraction of sp³-hybridized carbons (Fsp3) is 0.214. The van der Waals surface area contributed by atoms with Crippen LogP contribution in [0.4, 0.5) is 13.2 Å². The van der Waals surface area contributed by atoms with Crippen molar-refractivity contribution in [1.29, 1.82) is 0 Å². The van der Waals surface area contributed by atoms with Crippen molar-refractivity contribution in [3.63, 3.8) is 0 Å². The molecule has 0 aliphatic rings. The van der Waals surface area contributed by atoms with E-state index in [0.29, 0.717) is 17.0 Å². The van der Waals surface area contributed by atoms with Gasteiger partial charge in [0.1, 0.15) is 11.5 Å². The summed E-state index contributed by atoms with van der Waals surface area (Å²) in [7, 11) is 0. The molecule has 112 valence electrons. The van der Waals surface area contributed by atoms with E-state index in [-0.39, 0.29) is 18.2 Å². The molecule has 0 aliphatic heterocycles. The maximum absolute atomic E-state index is 12.0. The van der Waals surface area contributed by atoms with E-state index in [2.05, 4.69) is 9.72 Å². The van der Waals surface area contributed by atoms with E-state index in [1.165, 1.54) is 12.1 Å². The number of aryl methyl sites for hydroxylation is 1. The summed E-state index contributed by atoms with van der Waals surface area (Å²) >= 11 is 0. The SMILES string of the molecule is Cc1nc(Oc2ccc(OC(F)(F)F)cc2)ccc1CO. The quantitative estimate of drug-likeness (QED) is 0.937. The molecule has 0 atom stereocenters. The lowest BCUT2D eigenvalue weighted by molar-refractivity contribution is -0.274. The van der Waals surface area contributed by atoms with Crippen molar-refractivity contribution >= 4 is 0 Å². The number of pyridine rings is 1. The minimum atomic E-state index is -4.72. The van der Waals surface area contributed by atoms with Gasteiger partial charge in [0.2, 0.25) is 5.88 Å². The van der Waals surface area contributed by atoms with Gasteiger partial charge >= 0.3 is 6.36 Å². The Kier molecular flexibility index (Phi) is 4.32. The van der Waals surface area contributed by atoms with Crippen molar-refractivity contribution < 1.29 is 27.8 Å². The zero-order valence-electron chi connectivity index (χ0n) is 11.0. The lowest BCUT2D eigenvalue weighted by Gasteiger charge is -2.10. The van der Waals surface area contributed by atoms with Crippen LogP contribution < -0.4 is 9.47 Å². The molecule has 1 aromatic heterocycles. The molecular weight excluding hydrogens is 287 g/mol. The summed E-state index contributed by atoms with van der Waals surface area (Å²) < 4.78 is 45.2. The molecule has 0 aliphatic carbocycles. The number of alkyl halides is 3. The average Bonchev–Trinajstić information content (AvgIpc) is 2.40. The van der Waals surface area contributed by atoms with E-state index < -0.39 is 6.36 Å². The van der Waals surface area contributed by atoms with E-state index in [4.69, 9.17) is 9.84 Å². The molecule has 0 amide bonds.